The van der Waals surface area contributed by atoms with Crippen molar-refractivity contribution in [2.24, 2.45) is 0 Å². The van der Waals surface area contributed by atoms with E-state index in [1.165, 1.54) is 23.1 Å². The second kappa shape index (κ2) is 8.52. The smallest absolute Gasteiger partial charge is 0.234 e. The molecule has 6 nitrogen and oxygen atoms in total. The number of benzene rings is 1. The Labute approximate surface area is 161 Å². The minimum absolute atomic E-state index is 0.0359. The van der Waals surface area contributed by atoms with Gasteiger partial charge in [-0.05, 0) is 25.0 Å². The molecule has 1 heterocycles. The number of para-hydroxylation sites is 1. The molecule has 0 bridgehead atoms. The van der Waals surface area contributed by atoms with Gasteiger partial charge < -0.3 is 10.2 Å². The molecule has 0 spiro atoms. The van der Waals surface area contributed by atoms with Gasteiger partial charge in [0.1, 0.15) is 5.54 Å². The molecule has 3 rings (SSSR count). The van der Waals surface area contributed by atoms with E-state index in [0.29, 0.717) is 5.13 Å². The zero-order chi connectivity index (χ0) is 18.4. The Balaban J connectivity index is 1.55. The maximum Gasteiger partial charge on any atom is 0.234 e. The highest BCUT2D eigenvalue weighted by molar-refractivity contribution is 8.01. The van der Waals surface area contributed by atoms with E-state index < -0.39 is 5.54 Å². The molecule has 0 atom stereocenters. The van der Waals surface area contributed by atoms with Crippen LogP contribution in [0.25, 0.3) is 0 Å². The predicted octanol–water partition coefficient (Wildman–Crippen LogP) is 4.06. The Morgan fingerprint density at radius 3 is 2.73 bits per heavy atom. The summed E-state index contributed by atoms with van der Waals surface area (Å²) < 4.78 is 0.736. The molecule has 8 heteroatoms. The van der Waals surface area contributed by atoms with Gasteiger partial charge in [-0.3, -0.25) is 4.79 Å². The van der Waals surface area contributed by atoms with E-state index in [2.05, 4.69) is 21.6 Å². The third-order valence-electron chi connectivity index (χ3n) is 4.66. The molecular weight excluding hydrogens is 366 g/mol. The lowest BCUT2D eigenvalue weighted by atomic mass is 9.81. The summed E-state index contributed by atoms with van der Waals surface area (Å²) in [4.78, 5) is 14.2. The van der Waals surface area contributed by atoms with Gasteiger partial charge in [0.25, 0.3) is 0 Å². The van der Waals surface area contributed by atoms with Crippen LogP contribution in [-0.2, 0) is 4.79 Å². The van der Waals surface area contributed by atoms with Crippen molar-refractivity contribution < 1.29 is 4.79 Å². The van der Waals surface area contributed by atoms with E-state index in [4.69, 9.17) is 0 Å². The number of thioether (sulfide) groups is 1. The second-order valence-corrected chi connectivity index (χ2v) is 8.51. The maximum absolute atomic E-state index is 12.6. The fraction of sp³-hybridized carbons (Fsp3) is 0.444. The van der Waals surface area contributed by atoms with Crippen molar-refractivity contribution in [3.63, 3.8) is 0 Å². The van der Waals surface area contributed by atoms with E-state index in [1.54, 1.807) is 11.9 Å². The van der Waals surface area contributed by atoms with Crippen LogP contribution in [0.4, 0.5) is 10.8 Å². The number of amides is 1. The predicted molar refractivity (Wildman–Crippen MR) is 105 cm³/mol. The van der Waals surface area contributed by atoms with Gasteiger partial charge in [-0.2, -0.15) is 5.26 Å². The van der Waals surface area contributed by atoms with E-state index in [-0.39, 0.29) is 11.7 Å². The molecule has 1 aromatic carbocycles. The summed E-state index contributed by atoms with van der Waals surface area (Å²) in [5.41, 5.74) is 0.307. The van der Waals surface area contributed by atoms with Crippen molar-refractivity contribution in [1.82, 2.24) is 15.1 Å². The van der Waals surface area contributed by atoms with Crippen LogP contribution in [0.5, 0.6) is 0 Å². The van der Waals surface area contributed by atoms with Crippen molar-refractivity contribution in [1.29, 1.82) is 5.26 Å². The Morgan fingerprint density at radius 1 is 1.31 bits per heavy atom. The molecule has 1 N–H and O–H groups in total. The molecule has 0 unspecified atom stereocenters. The van der Waals surface area contributed by atoms with Gasteiger partial charge >= 0.3 is 0 Å². The van der Waals surface area contributed by atoms with Crippen LogP contribution in [0.2, 0.25) is 0 Å². The van der Waals surface area contributed by atoms with Gasteiger partial charge in [0.15, 0.2) is 4.34 Å². The number of rotatable bonds is 6. The van der Waals surface area contributed by atoms with Gasteiger partial charge in [0, 0.05) is 12.7 Å². The molecule has 1 aliphatic rings. The van der Waals surface area contributed by atoms with Crippen molar-refractivity contribution in [3.8, 4) is 6.07 Å². The van der Waals surface area contributed by atoms with Crippen LogP contribution in [-0.4, -0.2) is 39.3 Å². The SMILES string of the molecule is CN(C(=O)CSc1nnc(Nc2ccccc2)s1)C1(C#N)CCCCC1. The number of anilines is 2. The summed E-state index contributed by atoms with van der Waals surface area (Å²) in [6.07, 6.45) is 4.68. The highest BCUT2D eigenvalue weighted by atomic mass is 32.2. The molecule has 1 aromatic heterocycles. The molecule has 1 aliphatic carbocycles. The third-order valence-corrected chi connectivity index (χ3v) is 6.61. The molecule has 0 aliphatic heterocycles. The average Bonchev–Trinajstić information content (AvgIpc) is 3.14. The van der Waals surface area contributed by atoms with Crippen LogP contribution >= 0.6 is 23.1 Å². The summed E-state index contributed by atoms with van der Waals surface area (Å²) in [5, 5.41) is 21.7. The molecule has 1 fully saturated rings. The van der Waals surface area contributed by atoms with Crippen molar-refractivity contribution >= 4 is 39.8 Å². The van der Waals surface area contributed by atoms with Crippen LogP contribution in [0, 0.1) is 11.3 Å². The largest absolute Gasteiger partial charge is 0.330 e. The highest BCUT2D eigenvalue weighted by Crippen LogP contribution is 2.33. The first kappa shape index (κ1) is 18.7. The minimum Gasteiger partial charge on any atom is -0.330 e. The lowest BCUT2D eigenvalue weighted by molar-refractivity contribution is -0.131. The Bertz CT molecular complexity index is 780. The van der Waals surface area contributed by atoms with E-state index in [9.17, 15) is 10.1 Å². The molecule has 1 saturated carbocycles. The molecule has 2 aromatic rings. The molecule has 136 valence electrons. The molecular formula is C18H21N5OS2. The first-order valence-electron chi connectivity index (χ1n) is 8.59. The fourth-order valence-electron chi connectivity index (χ4n) is 3.08. The van der Waals surface area contributed by atoms with Crippen LogP contribution in [0.1, 0.15) is 32.1 Å². The van der Waals surface area contributed by atoms with E-state index in [0.717, 1.165) is 42.1 Å². The first-order chi connectivity index (χ1) is 12.6. The molecule has 26 heavy (non-hydrogen) atoms. The fourth-order valence-corrected chi connectivity index (χ4v) is 4.77. The number of nitriles is 1. The van der Waals surface area contributed by atoms with Crippen LogP contribution in [0.3, 0.4) is 0 Å². The number of nitrogens with zero attached hydrogens (tertiary/aromatic N) is 4. The number of hydrogen-bond donors (Lipinski definition) is 1. The summed E-state index contributed by atoms with van der Waals surface area (Å²) >= 11 is 2.78. The number of aromatic nitrogens is 2. The lowest BCUT2D eigenvalue weighted by Gasteiger charge is -2.38. The number of carbonyl (C=O) groups is 1. The quantitative estimate of drug-likeness (QED) is 0.753. The van der Waals surface area contributed by atoms with Crippen LogP contribution in [0.15, 0.2) is 34.7 Å². The zero-order valence-electron chi connectivity index (χ0n) is 14.6. The monoisotopic (exact) mass is 387 g/mol. The Morgan fingerprint density at radius 2 is 2.04 bits per heavy atom. The Hall–Kier alpha value is -2.11. The summed E-state index contributed by atoms with van der Waals surface area (Å²) in [6.45, 7) is 0. The summed E-state index contributed by atoms with van der Waals surface area (Å²) in [7, 11) is 1.75. The molecule has 0 saturated heterocycles. The second-order valence-electron chi connectivity index (χ2n) is 6.31. The van der Waals surface area contributed by atoms with Crippen LogP contribution < -0.4 is 5.32 Å². The van der Waals surface area contributed by atoms with Gasteiger partial charge in [-0.15, -0.1) is 10.2 Å². The van der Waals surface area contributed by atoms with E-state index in [1.807, 2.05) is 30.3 Å². The van der Waals surface area contributed by atoms with Gasteiger partial charge in [-0.25, -0.2) is 0 Å². The minimum atomic E-state index is -0.642. The topological polar surface area (TPSA) is 81.9 Å². The van der Waals surface area contributed by atoms with Gasteiger partial charge in [0.2, 0.25) is 11.0 Å². The normalized spacial score (nSPS) is 15.8. The Kier molecular flexibility index (Phi) is 6.12. The average molecular weight is 388 g/mol. The number of nitrogens with one attached hydrogen (secondary N) is 1. The molecule has 0 radical (unpaired) electrons. The zero-order valence-corrected chi connectivity index (χ0v) is 16.3. The molecule has 1 amide bonds. The maximum atomic E-state index is 12.6. The highest BCUT2D eigenvalue weighted by Gasteiger charge is 2.38. The summed E-state index contributed by atoms with van der Waals surface area (Å²) in [5.74, 6) is 0.228. The number of carbonyl (C=O) groups excluding carboxylic acids is 1. The lowest BCUT2D eigenvalue weighted by Crippen LogP contribution is -2.50. The first-order valence-corrected chi connectivity index (χ1v) is 10.4. The van der Waals surface area contributed by atoms with Crippen molar-refractivity contribution in [2.45, 2.75) is 42.0 Å². The van der Waals surface area contributed by atoms with Crippen molar-refractivity contribution in [2.75, 3.05) is 18.1 Å². The van der Waals surface area contributed by atoms with Gasteiger partial charge in [-0.1, -0.05) is 60.6 Å². The van der Waals surface area contributed by atoms with E-state index >= 15 is 0 Å². The third kappa shape index (κ3) is 4.34. The van der Waals surface area contributed by atoms with Gasteiger partial charge in [0.05, 0.1) is 11.8 Å². The standard InChI is InChI=1S/C18H21N5OS2/c1-23(18(13-19)10-6-3-7-11-18)15(24)12-25-17-22-21-16(26-17)20-14-8-4-2-5-9-14/h2,4-5,8-9H,3,6-7,10-12H2,1H3,(H,20,21). The van der Waals surface area contributed by atoms with Crippen molar-refractivity contribution in [3.05, 3.63) is 30.3 Å². The number of hydrogen-bond acceptors (Lipinski definition) is 7. The summed E-state index contributed by atoms with van der Waals surface area (Å²) in [6, 6.07) is 12.2.